The largest absolute Gasteiger partial charge is 0.481 e. The second-order valence-electron chi connectivity index (χ2n) is 4.96. The van der Waals surface area contributed by atoms with Crippen LogP contribution in [0.3, 0.4) is 0 Å². The van der Waals surface area contributed by atoms with Crippen molar-refractivity contribution in [1.29, 1.82) is 0 Å². The molecule has 0 aliphatic rings. The zero-order valence-electron chi connectivity index (χ0n) is 12.0. The van der Waals surface area contributed by atoms with Crippen LogP contribution in [0.25, 0.3) is 0 Å². The Kier molecular flexibility index (Phi) is 5.30. The highest BCUT2D eigenvalue weighted by molar-refractivity contribution is 7.09. The van der Waals surface area contributed by atoms with Gasteiger partial charge in [0.1, 0.15) is 6.61 Å². The Labute approximate surface area is 127 Å². The van der Waals surface area contributed by atoms with Crippen molar-refractivity contribution in [2.75, 3.05) is 0 Å². The van der Waals surface area contributed by atoms with Gasteiger partial charge in [-0.05, 0) is 23.1 Å². The maximum atomic E-state index is 11.2. The van der Waals surface area contributed by atoms with Crippen LogP contribution < -0.4 is 10.1 Å². The van der Waals surface area contributed by atoms with E-state index in [4.69, 9.17) is 4.74 Å². The van der Waals surface area contributed by atoms with Gasteiger partial charge in [0.2, 0.25) is 0 Å². The standard InChI is InChI=1S/C15H18N2O3S/c1-11(2)16-9-12-5-6-15(14(8-12)17(18)19)20-10-13-4-3-7-21-13/h3-8,11,16H,9-10H2,1-2H3. The lowest BCUT2D eigenvalue weighted by molar-refractivity contribution is -0.386. The van der Waals surface area contributed by atoms with Crippen molar-refractivity contribution in [3.63, 3.8) is 0 Å². The van der Waals surface area contributed by atoms with Crippen LogP contribution in [-0.4, -0.2) is 11.0 Å². The Hall–Kier alpha value is -1.92. The Morgan fingerprint density at radius 3 is 2.81 bits per heavy atom. The normalized spacial score (nSPS) is 10.8. The molecule has 1 aromatic heterocycles. The summed E-state index contributed by atoms with van der Waals surface area (Å²) in [5.74, 6) is 0.307. The third kappa shape index (κ3) is 4.54. The average molecular weight is 306 g/mol. The summed E-state index contributed by atoms with van der Waals surface area (Å²) in [6.45, 7) is 5.02. The molecule has 0 unspecified atom stereocenters. The van der Waals surface area contributed by atoms with Crippen LogP contribution >= 0.6 is 11.3 Å². The Bertz CT molecular complexity index is 597. The van der Waals surface area contributed by atoms with Gasteiger partial charge in [-0.3, -0.25) is 10.1 Å². The Morgan fingerprint density at radius 2 is 2.19 bits per heavy atom. The summed E-state index contributed by atoms with van der Waals surface area (Å²) in [7, 11) is 0. The molecule has 0 spiro atoms. The summed E-state index contributed by atoms with van der Waals surface area (Å²) in [4.78, 5) is 11.8. The van der Waals surface area contributed by atoms with E-state index in [1.54, 1.807) is 23.5 Å². The minimum atomic E-state index is -0.400. The Morgan fingerprint density at radius 1 is 1.38 bits per heavy atom. The van der Waals surface area contributed by atoms with Crippen LogP contribution in [0.2, 0.25) is 0 Å². The number of ether oxygens (including phenoxy) is 1. The molecule has 112 valence electrons. The molecule has 2 aromatic rings. The van der Waals surface area contributed by atoms with Gasteiger partial charge in [0.05, 0.1) is 4.92 Å². The third-order valence-corrected chi connectivity index (χ3v) is 3.73. The summed E-state index contributed by atoms with van der Waals surface area (Å²) < 4.78 is 5.57. The number of benzene rings is 1. The molecule has 0 amide bonds. The molecule has 5 nitrogen and oxygen atoms in total. The molecular formula is C15H18N2O3S. The lowest BCUT2D eigenvalue weighted by Crippen LogP contribution is -2.21. The van der Waals surface area contributed by atoms with Crippen molar-refractivity contribution in [2.24, 2.45) is 0 Å². The number of hydrogen-bond acceptors (Lipinski definition) is 5. The molecule has 6 heteroatoms. The zero-order chi connectivity index (χ0) is 15.2. The van der Waals surface area contributed by atoms with E-state index in [0.29, 0.717) is 24.9 Å². The minimum absolute atomic E-state index is 0.00890. The molecule has 1 N–H and O–H groups in total. The van der Waals surface area contributed by atoms with Crippen LogP contribution in [-0.2, 0) is 13.2 Å². The molecule has 1 heterocycles. The maximum absolute atomic E-state index is 11.2. The molecule has 2 rings (SSSR count). The van der Waals surface area contributed by atoms with E-state index < -0.39 is 4.92 Å². The molecule has 0 aliphatic carbocycles. The molecule has 0 atom stereocenters. The summed E-state index contributed by atoms with van der Waals surface area (Å²) >= 11 is 1.57. The van der Waals surface area contributed by atoms with Gasteiger partial charge >= 0.3 is 5.69 Å². The molecule has 0 saturated carbocycles. The molecular weight excluding hydrogens is 288 g/mol. The van der Waals surface area contributed by atoms with E-state index in [0.717, 1.165) is 10.4 Å². The van der Waals surface area contributed by atoms with Crippen LogP contribution in [0.1, 0.15) is 24.3 Å². The number of rotatable bonds is 7. The highest BCUT2D eigenvalue weighted by atomic mass is 32.1. The van der Waals surface area contributed by atoms with Crippen LogP contribution in [0, 0.1) is 10.1 Å². The molecule has 0 fully saturated rings. The van der Waals surface area contributed by atoms with E-state index in [-0.39, 0.29) is 5.69 Å². The number of nitrogens with one attached hydrogen (secondary N) is 1. The summed E-state index contributed by atoms with van der Waals surface area (Å²) in [6, 6.07) is 9.29. The van der Waals surface area contributed by atoms with Gasteiger partial charge in [0.15, 0.2) is 5.75 Å². The highest BCUT2D eigenvalue weighted by Gasteiger charge is 2.16. The lowest BCUT2D eigenvalue weighted by atomic mass is 10.2. The van der Waals surface area contributed by atoms with Gasteiger partial charge in [0.25, 0.3) is 0 Å². The predicted octanol–water partition coefficient (Wildman–Crippen LogP) is 3.73. The summed E-state index contributed by atoms with van der Waals surface area (Å²) in [5, 5.41) is 16.4. The van der Waals surface area contributed by atoms with Gasteiger partial charge in [-0.25, -0.2) is 0 Å². The van der Waals surface area contributed by atoms with Crippen molar-refractivity contribution in [2.45, 2.75) is 33.0 Å². The van der Waals surface area contributed by atoms with Crippen LogP contribution in [0.4, 0.5) is 5.69 Å². The van der Waals surface area contributed by atoms with Crippen molar-refractivity contribution >= 4 is 17.0 Å². The van der Waals surface area contributed by atoms with Gasteiger partial charge in [-0.1, -0.05) is 26.0 Å². The fourth-order valence-electron chi connectivity index (χ4n) is 1.80. The molecule has 0 saturated heterocycles. The second kappa shape index (κ2) is 7.19. The van der Waals surface area contributed by atoms with E-state index in [2.05, 4.69) is 5.32 Å². The number of nitro groups is 1. The van der Waals surface area contributed by atoms with E-state index >= 15 is 0 Å². The highest BCUT2D eigenvalue weighted by Crippen LogP contribution is 2.29. The molecule has 21 heavy (non-hydrogen) atoms. The summed E-state index contributed by atoms with van der Waals surface area (Å²) in [6.07, 6.45) is 0. The molecule has 1 aromatic carbocycles. The van der Waals surface area contributed by atoms with E-state index in [1.165, 1.54) is 0 Å². The van der Waals surface area contributed by atoms with E-state index in [1.807, 2.05) is 37.4 Å². The van der Waals surface area contributed by atoms with Crippen molar-refractivity contribution in [1.82, 2.24) is 5.32 Å². The smallest absolute Gasteiger partial charge is 0.311 e. The monoisotopic (exact) mass is 306 g/mol. The van der Waals surface area contributed by atoms with Crippen molar-refractivity contribution in [3.05, 3.63) is 56.3 Å². The van der Waals surface area contributed by atoms with Gasteiger partial charge in [0, 0.05) is 23.5 Å². The summed E-state index contributed by atoms with van der Waals surface area (Å²) in [5.41, 5.74) is 0.883. The minimum Gasteiger partial charge on any atom is -0.481 e. The number of nitro benzene ring substituents is 1. The van der Waals surface area contributed by atoms with Crippen molar-refractivity contribution in [3.8, 4) is 5.75 Å². The van der Waals surface area contributed by atoms with Crippen molar-refractivity contribution < 1.29 is 9.66 Å². The fraction of sp³-hybridized carbons (Fsp3) is 0.333. The van der Waals surface area contributed by atoms with Crippen LogP contribution in [0.15, 0.2) is 35.7 Å². The van der Waals surface area contributed by atoms with Gasteiger partial charge in [-0.2, -0.15) is 0 Å². The van der Waals surface area contributed by atoms with Crippen LogP contribution in [0.5, 0.6) is 5.75 Å². The first-order valence-electron chi connectivity index (χ1n) is 6.72. The first-order chi connectivity index (χ1) is 10.1. The lowest BCUT2D eigenvalue weighted by Gasteiger charge is -2.10. The number of nitrogens with zero attached hydrogens (tertiary/aromatic N) is 1. The number of hydrogen-bond donors (Lipinski definition) is 1. The maximum Gasteiger partial charge on any atom is 0.311 e. The molecule has 0 aliphatic heterocycles. The quantitative estimate of drug-likeness (QED) is 0.625. The van der Waals surface area contributed by atoms with E-state index in [9.17, 15) is 10.1 Å². The zero-order valence-corrected chi connectivity index (χ0v) is 12.9. The molecule has 0 bridgehead atoms. The first kappa shape index (κ1) is 15.5. The third-order valence-electron chi connectivity index (χ3n) is 2.88. The Balaban J connectivity index is 2.11. The first-order valence-corrected chi connectivity index (χ1v) is 7.60. The van der Waals surface area contributed by atoms with Gasteiger partial charge < -0.3 is 10.1 Å². The molecule has 0 radical (unpaired) electrons. The second-order valence-corrected chi connectivity index (χ2v) is 6.00. The average Bonchev–Trinajstić information content (AvgIpc) is 2.96. The topological polar surface area (TPSA) is 64.4 Å². The SMILES string of the molecule is CC(C)NCc1ccc(OCc2cccs2)c([N+](=O)[O-])c1. The fourth-order valence-corrected chi connectivity index (χ4v) is 2.42. The predicted molar refractivity (Wildman–Crippen MR) is 83.7 cm³/mol. The number of thiophene rings is 1. The van der Waals surface area contributed by atoms with Gasteiger partial charge in [-0.15, -0.1) is 11.3 Å².